The summed E-state index contributed by atoms with van der Waals surface area (Å²) in [5.41, 5.74) is 5.72. The summed E-state index contributed by atoms with van der Waals surface area (Å²) >= 11 is 0. The van der Waals surface area contributed by atoms with Crippen molar-refractivity contribution in [3.63, 3.8) is 0 Å². The maximum atomic E-state index is 11.9. The molecule has 0 aromatic carbocycles. The first kappa shape index (κ1) is 16.6. The molecule has 1 heterocycles. The molecular weight excluding hydrogens is 244 g/mol. The first-order valence-corrected chi connectivity index (χ1v) is 5.71. The Morgan fingerprint density at radius 2 is 2.24 bits per heavy atom. The topological polar surface area (TPSA) is 64.8 Å². The zero-order valence-corrected chi connectivity index (χ0v) is 11.5. The van der Waals surface area contributed by atoms with E-state index >= 15 is 0 Å². The van der Waals surface area contributed by atoms with E-state index < -0.39 is 6.04 Å². The fourth-order valence-electron chi connectivity index (χ4n) is 1.76. The maximum Gasteiger partial charge on any atom is 0.242 e. The van der Waals surface area contributed by atoms with E-state index in [1.165, 1.54) is 0 Å². The van der Waals surface area contributed by atoms with Crippen molar-refractivity contribution in [1.82, 2.24) is 4.90 Å². The molecule has 0 radical (unpaired) electrons. The van der Waals surface area contributed by atoms with Gasteiger partial charge in [0.25, 0.3) is 0 Å². The fourth-order valence-corrected chi connectivity index (χ4v) is 1.76. The van der Waals surface area contributed by atoms with Crippen molar-refractivity contribution in [3.05, 3.63) is 0 Å². The van der Waals surface area contributed by atoms with Gasteiger partial charge < -0.3 is 20.1 Å². The summed E-state index contributed by atoms with van der Waals surface area (Å²) in [5.74, 6) is 0.366. The Kier molecular flexibility index (Phi) is 7.70. The number of rotatable bonds is 4. The van der Waals surface area contributed by atoms with Crippen molar-refractivity contribution in [1.29, 1.82) is 0 Å². The second-order valence-corrected chi connectivity index (χ2v) is 4.50. The zero-order chi connectivity index (χ0) is 12.1. The van der Waals surface area contributed by atoms with Crippen LogP contribution in [-0.2, 0) is 14.3 Å². The third-order valence-corrected chi connectivity index (χ3v) is 2.81. The molecule has 0 aromatic heterocycles. The van der Waals surface area contributed by atoms with Gasteiger partial charge in [0.2, 0.25) is 5.91 Å². The minimum absolute atomic E-state index is 0. The van der Waals surface area contributed by atoms with Crippen molar-refractivity contribution >= 4 is 18.3 Å². The van der Waals surface area contributed by atoms with Crippen molar-refractivity contribution in [2.45, 2.75) is 26.0 Å². The Morgan fingerprint density at radius 3 is 2.76 bits per heavy atom. The predicted molar refractivity (Wildman–Crippen MR) is 68.3 cm³/mol. The third kappa shape index (κ3) is 4.79. The molecular formula is C11H23ClN2O3. The summed E-state index contributed by atoms with van der Waals surface area (Å²) in [7, 11) is 1.55. The van der Waals surface area contributed by atoms with E-state index in [4.69, 9.17) is 15.2 Å². The molecule has 1 fully saturated rings. The minimum atomic E-state index is -0.559. The van der Waals surface area contributed by atoms with Gasteiger partial charge in [0.1, 0.15) is 6.04 Å². The SMILES string of the molecule is COCC(N)C(=O)N1CCOC(C(C)C)C1.Cl. The Balaban J connectivity index is 0.00000256. The van der Waals surface area contributed by atoms with Crippen LogP contribution in [0.1, 0.15) is 13.8 Å². The van der Waals surface area contributed by atoms with Crippen LogP contribution in [0.4, 0.5) is 0 Å². The quantitative estimate of drug-likeness (QED) is 0.793. The van der Waals surface area contributed by atoms with E-state index in [1.807, 2.05) is 0 Å². The highest BCUT2D eigenvalue weighted by atomic mass is 35.5. The van der Waals surface area contributed by atoms with Crippen LogP contribution >= 0.6 is 12.4 Å². The average Bonchev–Trinajstić information content (AvgIpc) is 2.28. The van der Waals surface area contributed by atoms with Crippen LogP contribution in [0.2, 0.25) is 0 Å². The molecule has 0 bridgehead atoms. The molecule has 5 nitrogen and oxygen atoms in total. The van der Waals surface area contributed by atoms with Gasteiger partial charge in [0.05, 0.1) is 19.3 Å². The number of hydrogen-bond donors (Lipinski definition) is 1. The second-order valence-electron chi connectivity index (χ2n) is 4.50. The molecule has 6 heteroatoms. The number of carbonyl (C=O) groups excluding carboxylic acids is 1. The van der Waals surface area contributed by atoms with Gasteiger partial charge in [0, 0.05) is 20.2 Å². The summed E-state index contributed by atoms with van der Waals surface area (Å²) in [6.07, 6.45) is 0.118. The van der Waals surface area contributed by atoms with Gasteiger partial charge >= 0.3 is 0 Å². The monoisotopic (exact) mass is 266 g/mol. The van der Waals surface area contributed by atoms with E-state index in [-0.39, 0.29) is 31.0 Å². The lowest BCUT2D eigenvalue weighted by atomic mass is 10.1. The van der Waals surface area contributed by atoms with Crippen molar-refractivity contribution in [3.8, 4) is 0 Å². The van der Waals surface area contributed by atoms with Gasteiger partial charge in [-0.25, -0.2) is 0 Å². The van der Waals surface area contributed by atoms with Crippen LogP contribution in [-0.4, -0.2) is 56.4 Å². The average molecular weight is 267 g/mol. The second kappa shape index (κ2) is 7.87. The number of hydrogen-bond acceptors (Lipinski definition) is 4. The summed E-state index contributed by atoms with van der Waals surface area (Å²) in [6.45, 7) is 6.30. The van der Waals surface area contributed by atoms with Gasteiger partial charge in [0.15, 0.2) is 0 Å². The molecule has 2 atom stereocenters. The summed E-state index contributed by atoms with van der Waals surface area (Å²) in [6, 6.07) is -0.559. The number of ether oxygens (including phenoxy) is 2. The Labute approximate surface area is 109 Å². The Morgan fingerprint density at radius 1 is 1.59 bits per heavy atom. The van der Waals surface area contributed by atoms with Gasteiger partial charge in [-0.05, 0) is 5.92 Å². The number of amides is 1. The fraction of sp³-hybridized carbons (Fsp3) is 0.909. The highest BCUT2D eigenvalue weighted by molar-refractivity contribution is 5.85. The Hall–Kier alpha value is -0.360. The first-order chi connectivity index (χ1) is 7.56. The van der Waals surface area contributed by atoms with Crippen LogP contribution in [0.15, 0.2) is 0 Å². The van der Waals surface area contributed by atoms with Crippen LogP contribution < -0.4 is 5.73 Å². The van der Waals surface area contributed by atoms with Crippen LogP contribution in [0.5, 0.6) is 0 Å². The van der Waals surface area contributed by atoms with Crippen LogP contribution in [0.3, 0.4) is 0 Å². The van der Waals surface area contributed by atoms with Gasteiger partial charge in [-0.15, -0.1) is 12.4 Å². The zero-order valence-electron chi connectivity index (χ0n) is 10.7. The van der Waals surface area contributed by atoms with E-state index in [1.54, 1.807) is 12.0 Å². The molecule has 1 saturated heterocycles. The van der Waals surface area contributed by atoms with E-state index in [2.05, 4.69) is 13.8 Å². The number of halogens is 1. The number of nitrogens with two attached hydrogens (primary N) is 1. The molecule has 1 aliphatic heterocycles. The van der Waals surface area contributed by atoms with Crippen molar-refractivity contribution in [2.75, 3.05) is 33.4 Å². The van der Waals surface area contributed by atoms with Gasteiger partial charge in [-0.2, -0.15) is 0 Å². The number of morpholine rings is 1. The molecule has 1 rings (SSSR count). The van der Waals surface area contributed by atoms with Crippen molar-refractivity contribution < 1.29 is 14.3 Å². The summed E-state index contributed by atoms with van der Waals surface area (Å²) in [4.78, 5) is 13.7. The largest absolute Gasteiger partial charge is 0.383 e. The molecule has 2 N–H and O–H groups in total. The summed E-state index contributed by atoms with van der Waals surface area (Å²) < 4.78 is 10.5. The molecule has 0 aromatic rings. The highest BCUT2D eigenvalue weighted by Gasteiger charge is 2.28. The smallest absolute Gasteiger partial charge is 0.242 e. The van der Waals surface area contributed by atoms with Gasteiger partial charge in [-0.3, -0.25) is 4.79 Å². The lowest BCUT2D eigenvalue weighted by Gasteiger charge is -2.36. The third-order valence-electron chi connectivity index (χ3n) is 2.81. The van der Waals surface area contributed by atoms with Crippen LogP contribution in [0, 0.1) is 5.92 Å². The van der Waals surface area contributed by atoms with E-state index in [0.29, 0.717) is 25.6 Å². The molecule has 1 aliphatic rings. The molecule has 102 valence electrons. The first-order valence-electron chi connectivity index (χ1n) is 5.71. The molecule has 17 heavy (non-hydrogen) atoms. The number of carbonyl (C=O) groups is 1. The van der Waals surface area contributed by atoms with Crippen LogP contribution in [0.25, 0.3) is 0 Å². The lowest BCUT2D eigenvalue weighted by molar-refractivity contribution is -0.142. The predicted octanol–water partition coefficient (Wildman–Crippen LogP) is 0.265. The number of nitrogens with zero attached hydrogens (tertiary/aromatic N) is 1. The maximum absolute atomic E-state index is 11.9. The highest BCUT2D eigenvalue weighted by Crippen LogP contribution is 2.13. The normalized spacial score (nSPS) is 22.2. The van der Waals surface area contributed by atoms with Gasteiger partial charge in [-0.1, -0.05) is 13.8 Å². The van der Waals surface area contributed by atoms with E-state index in [9.17, 15) is 4.79 Å². The van der Waals surface area contributed by atoms with E-state index in [0.717, 1.165) is 0 Å². The minimum Gasteiger partial charge on any atom is -0.383 e. The molecule has 2 unspecified atom stereocenters. The molecule has 0 saturated carbocycles. The Bertz CT molecular complexity index is 239. The molecule has 0 aliphatic carbocycles. The summed E-state index contributed by atoms with van der Waals surface area (Å²) in [5, 5.41) is 0. The molecule has 0 spiro atoms. The standard InChI is InChI=1S/C11H22N2O3.ClH/c1-8(2)10-6-13(4-5-16-10)11(14)9(12)7-15-3;/h8-10H,4-7,12H2,1-3H3;1H. The molecule has 1 amide bonds. The van der Waals surface area contributed by atoms with Crippen molar-refractivity contribution in [2.24, 2.45) is 11.7 Å². The number of methoxy groups -OCH3 is 1. The lowest BCUT2D eigenvalue weighted by Crippen LogP contribution is -2.53.